The Hall–Kier alpha value is -1.79. The summed E-state index contributed by atoms with van der Waals surface area (Å²) in [6, 6.07) is 8.33. The van der Waals surface area contributed by atoms with E-state index < -0.39 is 0 Å². The van der Waals surface area contributed by atoms with Crippen molar-refractivity contribution in [2.75, 3.05) is 53.0 Å². The summed E-state index contributed by atoms with van der Waals surface area (Å²) in [5.41, 5.74) is 1.44. The van der Waals surface area contributed by atoms with Crippen molar-refractivity contribution in [1.82, 2.24) is 15.1 Å². The van der Waals surface area contributed by atoms with Crippen LogP contribution in [0.1, 0.15) is 37.3 Å². The van der Waals surface area contributed by atoms with Gasteiger partial charge >= 0.3 is 6.03 Å². The normalized spacial score (nSPS) is 24.6. The third-order valence-corrected chi connectivity index (χ3v) is 6.23. The zero-order valence-corrected chi connectivity index (χ0v) is 16.3. The van der Waals surface area contributed by atoms with Gasteiger partial charge in [0.2, 0.25) is 0 Å². The summed E-state index contributed by atoms with van der Waals surface area (Å²) in [5.74, 6) is 0.849. The average molecular weight is 373 g/mol. The summed E-state index contributed by atoms with van der Waals surface area (Å²) in [7, 11) is 1.68. The van der Waals surface area contributed by atoms with Crippen LogP contribution in [0.15, 0.2) is 24.3 Å². The molecular weight excluding hydrogens is 342 g/mol. The summed E-state index contributed by atoms with van der Waals surface area (Å²) in [6.45, 7) is 6.38. The molecule has 1 aromatic rings. The smallest absolute Gasteiger partial charge is 0.317 e. The molecule has 0 radical (unpaired) electrons. The van der Waals surface area contributed by atoms with E-state index in [2.05, 4.69) is 22.3 Å². The maximum absolute atomic E-state index is 12.9. The Morgan fingerprint density at radius 3 is 2.85 bits per heavy atom. The highest BCUT2D eigenvalue weighted by Gasteiger charge is 2.44. The number of carbonyl (C=O) groups excluding carboxylic acids is 1. The molecular formula is C21H31N3O3. The molecule has 3 fully saturated rings. The van der Waals surface area contributed by atoms with Crippen LogP contribution in [0.3, 0.4) is 0 Å². The number of amides is 2. The molecule has 27 heavy (non-hydrogen) atoms. The largest absolute Gasteiger partial charge is 0.497 e. The van der Waals surface area contributed by atoms with Gasteiger partial charge in [0.15, 0.2) is 0 Å². The van der Waals surface area contributed by atoms with Crippen LogP contribution >= 0.6 is 0 Å². The lowest BCUT2D eigenvalue weighted by molar-refractivity contribution is 0.0284. The fourth-order valence-corrected chi connectivity index (χ4v) is 4.37. The highest BCUT2D eigenvalue weighted by atomic mass is 16.5. The second kappa shape index (κ2) is 8.07. The van der Waals surface area contributed by atoms with Crippen LogP contribution in [0, 0.1) is 5.41 Å². The molecule has 2 heterocycles. The Kier molecular flexibility index (Phi) is 5.55. The fraction of sp³-hybridized carbons (Fsp3) is 0.667. The van der Waals surface area contributed by atoms with Gasteiger partial charge in [0.1, 0.15) is 5.75 Å². The van der Waals surface area contributed by atoms with Crippen LogP contribution in [0.5, 0.6) is 5.75 Å². The fourth-order valence-electron chi connectivity index (χ4n) is 4.37. The van der Waals surface area contributed by atoms with Crippen molar-refractivity contribution in [2.24, 2.45) is 5.41 Å². The van der Waals surface area contributed by atoms with Crippen LogP contribution in [-0.4, -0.2) is 68.9 Å². The molecule has 1 unspecified atom stereocenters. The van der Waals surface area contributed by atoms with Gasteiger partial charge in [-0.25, -0.2) is 4.79 Å². The van der Waals surface area contributed by atoms with Crippen molar-refractivity contribution in [3.05, 3.63) is 29.8 Å². The second-order valence-corrected chi connectivity index (χ2v) is 8.18. The number of morpholine rings is 1. The van der Waals surface area contributed by atoms with Crippen molar-refractivity contribution < 1.29 is 14.3 Å². The van der Waals surface area contributed by atoms with E-state index in [4.69, 9.17) is 9.47 Å². The molecule has 4 rings (SSSR count). The van der Waals surface area contributed by atoms with Gasteiger partial charge in [-0.05, 0) is 43.4 Å². The van der Waals surface area contributed by atoms with Gasteiger partial charge in [0.05, 0.1) is 26.4 Å². The zero-order chi connectivity index (χ0) is 18.7. The number of benzene rings is 1. The quantitative estimate of drug-likeness (QED) is 0.833. The van der Waals surface area contributed by atoms with E-state index in [0.29, 0.717) is 0 Å². The van der Waals surface area contributed by atoms with Gasteiger partial charge in [-0.2, -0.15) is 0 Å². The molecule has 1 atom stereocenters. The van der Waals surface area contributed by atoms with Crippen molar-refractivity contribution >= 4 is 6.03 Å². The number of rotatable bonds is 6. The summed E-state index contributed by atoms with van der Waals surface area (Å²) in [6.07, 6.45) is 4.49. The highest BCUT2D eigenvalue weighted by molar-refractivity contribution is 5.75. The van der Waals surface area contributed by atoms with Crippen LogP contribution in [-0.2, 0) is 4.74 Å². The van der Waals surface area contributed by atoms with Crippen molar-refractivity contribution in [3.63, 3.8) is 0 Å². The number of hydrogen-bond acceptors (Lipinski definition) is 4. The number of nitrogens with one attached hydrogen (secondary N) is 1. The number of urea groups is 1. The maximum atomic E-state index is 12.9. The second-order valence-electron chi connectivity index (χ2n) is 8.18. The molecule has 1 N–H and O–H groups in total. The van der Waals surface area contributed by atoms with Crippen LogP contribution in [0.2, 0.25) is 0 Å². The van der Waals surface area contributed by atoms with E-state index in [1.54, 1.807) is 7.11 Å². The topological polar surface area (TPSA) is 54.0 Å². The Bertz CT molecular complexity index is 656. The summed E-state index contributed by atoms with van der Waals surface area (Å²) >= 11 is 0. The van der Waals surface area contributed by atoms with Gasteiger partial charge in [0.25, 0.3) is 0 Å². The summed E-state index contributed by atoms with van der Waals surface area (Å²) in [4.78, 5) is 17.4. The molecule has 0 spiro atoms. The lowest BCUT2D eigenvalue weighted by Crippen LogP contribution is -2.46. The molecule has 1 aliphatic carbocycles. The first-order valence-corrected chi connectivity index (χ1v) is 10.2. The van der Waals surface area contributed by atoms with Crippen molar-refractivity contribution in [3.8, 4) is 5.75 Å². The lowest BCUT2D eigenvalue weighted by Gasteiger charge is -2.31. The third kappa shape index (κ3) is 4.38. The first-order chi connectivity index (χ1) is 13.2. The van der Waals surface area contributed by atoms with E-state index in [1.807, 2.05) is 17.0 Å². The molecule has 0 aromatic heterocycles. The number of methoxy groups -OCH3 is 1. The Morgan fingerprint density at radius 1 is 1.30 bits per heavy atom. The van der Waals surface area contributed by atoms with Gasteiger partial charge in [-0.1, -0.05) is 12.1 Å². The number of ether oxygens (including phenoxy) is 2. The highest BCUT2D eigenvalue weighted by Crippen LogP contribution is 2.46. The molecule has 2 saturated heterocycles. The molecule has 148 valence electrons. The van der Waals surface area contributed by atoms with Gasteiger partial charge in [-0.15, -0.1) is 0 Å². The summed E-state index contributed by atoms with van der Waals surface area (Å²) in [5, 5.41) is 3.24. The van der Waals surface area contributed by atoms with E-state index in [9.17, 15) is 4.79 Å². The number of nitrogens with zero attached hydrogens (tertiary/aromatic N) is 2. The minimum absolute atomic E-state index is 0.0774. The lowest BCUT2D eigenvalue weighted by atomic mass is 10.0. The predicted molar refractivity (Wildman–Crippen MR) is 104 cm³/mol. The number of carbonyl (C=O) groups is 1. The first kappa shape index (κ1) is 18.6. The molecule has 6 heteroatoms. The molecule has 0 bridgehead atoms. The molecule has 6 nitrogen and oxygen atoms in total. The van der Waals surface area contributed by atoms with Crippen molar-refractivity contribution in [1.29, 1.82) is 0 Å². The van der Waals surface area contributed by atoms with Crippen molar-refractivity contribution in [2.45, 2.75) is 31.7 Å². The molecule has 2 amide bonds. The van der Waals surface area contributed by atoms with E-state index in [1.165, 1.54) is 12.8 Å². The van der Waals surface area contributed by atoms with E-state index >= 15 is 0 Å². The molecule has 1 saturated carbocycles. The number of likely N-dealkylation sites (tertiary alicyclic amines) is 1. The van der Waals surface area contributed by atoms with Gasteiger partial charge in [-0.3, -0.25) is 4.90 Å². The van der Waals surface area contributed by atoms with E-state index in [-0.39, 0.29) is 17.5 Å². The Balaban J connectivity index is 1.33. The molecule has 3 aliphatic rings. The monoisotopic (exact) mass is 373 g/mol. The Morgan fingerprint density at radius 2 is 2.11 bits per heavy atom. The van der Waals surface area contributed by atoms with Gasteiger partial charge in [0, 0.05) is 38.1 Å². The van der Waals surface area contributed by atoms with Crippen LogP contribution < -0.4 is 10.1 Å². The van der Waals surface area contributed by atoms with Crippen LogP contribution in [0.25, 0.3) is 0 Å². The summed E-state index contributed by atoms with van der Waals surface area (Å²) < 4.78 is 10.8. The Labute approximate surface area is 161 Å². The average Bonchev–Trinajstić information content (AvgIpc) is 3.29. The minimum Gasteiger partial charge on any atom is -0.497 e. The third-order valence-electron chi connectivity index (χ3n) is 6.23. The minimum atomic E-state index is 0.0774. The predicted octanol–water partition coefficient (Wildman–Crippen LogP) is 2.65. The zero-order valence-electron chi connectivity index (χ0n) is 16.3. The molecule has 2 aliphatic heterocycles. The molecule has 1 aromatic carbocycles. The SMILES string of the molecule is COc1cccc(C2CCCN2C(=O)NCC2(CN3CCOCC3)CC2)c1. The number of hydrogen-bond donors (Lipinski definition) is 1. The van der Waals surface area contributed by atoms with Gasteiger partial charge < -0.3 is 19.7 Å². The van der Waals surface area contributed by atoms with E-state index in [0.717, 1.165) is 70.1 Å². The standard InChI is InChI=1S/C21H31N3O3/c1-26-18-5-2-4-17(14-18)19-6-3-9-24(19)20(25)22-15-21(7-8-21)16-23-10-12-27-13-11-23/h2,4-5,14,19H,3,6-13,15-16H2,1H3,(H,22,25). The van der Waals surface area contributed by atoms with Crippen LogP contribution in [0.4, 0.5) is 4.79 Å². The first-order valence-electron chi connectivity index (χ1n) is 10.2. The maximum Gasteiger partial charge on any atom is 0.317 e.